The summed E-state index contributed by atoms with van der Waals surface area (Å²) >= 11 is 5.33. The first-order chi connectivity index (χ1) is 8.04. The van der Waals surface area contributed by atoms with E-state index >= 15 is 0 Å². The Balaban J connectivity index is 2.53. The number of carbonyl (C=O) groups is 1. The zero-order valence-corrected chi connectivity index (χ0v) is 10.2. The summed E-state index contributed by atoms with van der Waals surface area (Å²) in [5, 5.41) is 2.62. The van der Waals surface area contributed by atoms with Crippen molar-refractivity contribution < 1.29 is 13.6 Å². The number of amides is 1. The van der Waals surface area contributed by atoms with Gasteiger partial charge in [-0.2, -0.15) is 0 Å². The Kier molecular flexibility index (Phi) is 5.35. The van der Waals surface area contributed by atoms with Gasteiger partial charge in [-0.25, -0.2) is 8.78 Å². The number of hydrogen-bond donors (Lipinski definition) is 1. The van der Waals surface area contributed by atoms with Gasteiger partial charge in [-0.15, -0.1) is 11.6 Å². The first-order valence-electron chi connectivity index (χ1n) is 5.32. The fraction of sp³-hybridized carbons (Fsp3) is 0.417. The second kappa shape index (κ2) is 6.55. The molecule has 2 nitrogen and oxygen atoms in total. The summed E-state index contributed by atoms with van der Waals surface area (Å²) in [6, 6.07) is 3.61. The Labute approximate surface area is 104 Å². The SMILES string of the molecule is CC(CCc1c(F)cccc1F)NC(=O)CCl. The van der Waals surface area contributed by atoms with Gasteiger partial charge in [0.2, 0.25) is 5.91 Å². The van der Waals surface area contributed by atoms with E-state index in [9.17, 15) is 13.6 Å². The van der Waals surface area contributed by atoms with Crippen molar-refractivity contribution in [2.24, 2.45) is 0 Å². The molecule has 0 fully saturated rings. The molecule has 1 aromatic carbocycles. The van der Waals surface area contributed by atoms with Crippen molar-refractivity contribution in [1.29, 1.82) is 0 Å². The topological polar surface area (TPSA) is 29.1 Å². The first-order valence-corrected chi connectivity index (χ1v) is 5.86. The van der Waals surface area contributed by atoms with Crippen molar-refractivity contribution in [3.05, 3.63) is 35.4 Å². The van der Waals surface area contributed by atoms with Gasteiger partial charge in [-0.05, 0) is 31.9 Å². The molecular weight excluding hydrogens is 248 g/mol. The molecule has 0 heterocycles. The molecular formula is C12H14ClF2NO. The largest absolute Gasteiger partial charge is 0.353 e. The van der Waals surface area contributed by atoms with Crippen LogP contribution >= 0.6 is 11.6 Å². The fourth-order valence-electron chi connectivity index (χ4n) is 1.52. The van der Waals surface area contributed by atoms with Gasteiger partial charge in [0.05, 0.1) is 0 Å². The van der Waals surface area contributed by atoms with Crippen LogP contribution in [0.2, 0.25) is 0 Å². The normalized spacial score (nSPS) is 12.2. The summed E-state index contributed by atoms with van der Waals surface area (Å²) in [5.74, 6) is -1.51. The van der Waals surface area contributed by atoms with Gasteiger partial charge in [0, 0.05) is 11.6 Å². The van der Waals surface area contributed by atoms with Gasteiger partial charge in [-0.3, -0.25) is 4.79 Å². The molecule has 1 unspecified atom stereocenters. The average Bonchev–Trinajstić information content (AvgIpc) is 2.28. The van der Waals surface area contributed by atoms with Crippen LogP contribution in [0.5, 0.6) is 0 Å². The smallest absolute Gasteiger partial charge is 0.235 e. The zero-order chi connectivity index (χ0) is 12.8. The summed E-state index contributed by atoms with van der Waals surface area (Å²) in [5.41, 5.74) is 0.0551. The van der Waals surface area contributed by atoms with Crippen LogP contribution in [-0.2, 0) is 11.2 Å². The molecule has 0 saturated carbocycles. The number of rotatable bonds is 5. The molecule has 0 aromatic heterocycles. The van der Waals surface area contributed by atoms with Crippen LogP contribution in [0.3, 0.4) is 0 Å². The molecule has 1 N–H and O–H groups in total. The van der Waals surface area contributed by atoms with Gasteiger partial charge in [0.1, 0.15) is 17.5 Å². The first kappa shape index (κ1) is 13.9. The highest BCUT2D eigenvalue weighted by molar-refractivity contribution is 6.27. The molecule has 0 saturated heterocycles. The molecule has 1 atom stereocenters. The Hall–Kier alpha value is -1.16. The number of halogens is 3. The number of nitrogens with one attached hydrogen (secondary N) is 1. The van der Waals surface area contributed by atoms with Crippen LogP contribution in [0.15, 0.2) is 18.2 Å². The van der Waals surface area contributed by atoms with Crippen LogP contribution in [0.4, 0.5) is 8.78 Å². The number of carbonyl (C=O) groups excluding carboxylic acids is 1. The van der Waals surface area contributed by atoms with E-state index in [1.807, 2.05) is 0 Å². The predicted octanol–water partition coefficient (Wildman–Crippen LogP) is 2.64. The molecule has 1 amide bonds. The molecule has 0 aliphatic carbocycles. The minimum absolute atomic E-state index is 0.0551. The van der Waals surface area contributed by atoms with Crippen molar-refractivity contribution in [2.75, 3.05) is 5.88 Å². The van der Waals surface area contributed by atoms with Gasteiger partial charge < -0.3 is 5.32 Å². The maximum atomic E-state index is 13.3. The lowest BCUT2D eigenvalue weighted by Crippen LogP contribution is -2.33. The minimum Gasteiger partial charge on any atom is -0.353 e. The Morgan fingerprint density at radius 3 is 2.53 bits per heavy atom. The summed E-state index contributed by atoms with van der Waals surface area (Å²) < 4.78 is 26.6. The zero-order valence-electron chi connectivity index (χ0n) is 9.47. The van der Waals surface area contributed by atoms with E-state index in [4.69, 9.17) is 11.6 Å². The molecule has 0 bridgehead atoms. The number of hydrogen-bond acceptors (Lipinski definition) is 1. The molecule has 1 aromatic rings. The van der Waals surface area contributed by atoms with E-state index in [-0.39, 0.29) is 29.8 Å². The Morgan fingerprint density at radius 2 is 2.00 bits per heavy atom. The second-order valence-electron chi connectivity index (χ2n) is 3.84. The molecule has 0 aliphatic heterocycles. The molecule has 1 rings (SSSR count). The van der Waals surface area contributed by atoms with Crippen LogP contribution in [-0.4, -0.2) is 17.8 Å². The van der Waals surface area contributed by atoms with E-state index < -0.39 is 11.6 Å². The number of benzene rings is 1. The summed E-state index contributed by atoms with van der Waals surface area (Å²) in [6.45, 7) is 1.77. The molecule has 94 valence electrons. The molecule has 0 aliphatic rings. The van der Waals surface area contributed by atoms with E-state index in [1.165, 1.54) is 18.2 Å². The Bertz CT molecular complexity index is 378. The summed E-state index contributed by atoms with van der Waals surface area (Å²) in [7, 11) is 0. The molecule has 5 heteroatoms. The van der Waals surface area contributed by atoms with Crippen molar-refractivity contribution in [3.63, 3.8) is 0 Å². The lowest BCUT2D eigenvalue weighted by Gasteiger charge is -2.13. The summed E-state index contributed by atoms with van der Waals surface area (Å²) in [6.07, 6.45) is 0.697. The standard InChI is InChI=1S/C12H14ClF2NO/c1-8(16-12(17)7-13)5-6-9-10(14)3-2-4-11(9)15/h2-4,8H,5-7H2,1H3,(H,16,17). The fourth-order valence-corrected chi connectivity index (χ4v) is 1.59. The van der Waals surface area contributed by atoms with Crippen LogP contribution in [0, 0.1) is 11.6 Å². The van der Waals surface area contributed by atoms with E-state index in [1.54, 1.807) is 6.92 Å². The monoisotopic (exact) mass is 261 g/mol. The van der Waals surface area contributed by atoms with Crippen molar-refractivity contribution in [3.8, 4) is 0 Å². The van der Waals surface area contributed by atoms with Crippen molar-refractivity contribution in [1.82, 2.24) is 5.32 Å². The lowest BCUT2D eigenvalue weighted by atomic mass is 10.1. The van der Waals surface area contributed by atoms with Gasteiger partial charge in [-0.1, -0.05) is 6.07 Å². The van der Waals surface area contributed by atoms with E-state index in [2.05, 4.69) is 5.32 Å². The lowest BCUT2D eigenvalue weighted by molar-refractivity contribution is -0.119. The maximum Gasteiger partial charge on any atom is 0.235 e. The highest BCUT2D eigenvalue weighted by Crippen LogP contribution is 2.14. The third-order valence-corrected chi connectivity index (χ3v) is 2.66. The molecule has 17 heavy (non-hydrogen) atoms. The Morgan fingerprint density at radius 1 is 1.41 bits per heavy atom. The van der Waals surface area contributed by atoms with Crippen LogP contribution < -0.4 is 5.32 Å². The minimum atomic E-state index is -0.555. The maximum absolute atomic E-state index is 13.3. The number of alkyl halides is 1. The third-order valence-electron chi connectivity index (χ3n) is 2.42. The van der Waals surface area contributed by atoms with Gasteiger partial charge in [0.25, 0.3) is 0 Å². The van der Waals surface area contributed by atoms with E-state index in [0.717, 1.165) is 0 Å². The molecule has 0 spiro atoms. The van der Waals surface area contributed by atoms with Crippen LogP contribution in [0.1, 0.15) is 18.9 Å². The predicted molar refractivity (Wildman–Crippen MR) is 63.0 cm³/mol. The van der Waals surface area contributed by atoms with Crippen molar-refractivity contribution in [2.45, 2.75) is 25.8 Å². The summed E-state index contributed by atoms with van der Waals surface area (Å²) in [4.78, 5) is 11.0. The van der Waals surface area contributed by atoms with E-state index in [0.29, 0.717) is 6.42 Å². The average molecular weight is 262 g/mol. The highest BCUT2D eigenvalue weighted by Gasteiger charge is 2.11. The highest BCUT2D eigenvalue weighted by atomic mass is 35.5. The van der Waals surface area contributed by atoms with Gasteiger partial charge in [0.15, 0.2) is 0 Å². The molecule has 0 radical (unpaired) electrons. The van der Waals surface area contributed by atoms with Crippen molar-refractivity contribution >= 4 is 17.5 Å². The van der Waals surface area contributed by atoms with Crippen LogP contribution in [0.25, 0.3) is 0 Å². The third kappa shape index (κ3) is 4.30. The quantitative estimate of drug-likeness (QED) is 0.811. The second-order valence-corrected chi connectivity index (χ2v) is 4.11. The van der Waals surface area contributed by atoms with Gasteiger partial charge >= 0.3 is 0 Å².